The fraction of sp³-hybridized carbons (Fsp3) is 0.300. The van der Waals surface area contributed by atoms with Gasteiger partial charge in [-0.25, -0.2) is 0 Å². The summed E-state index contributed by atoms with van der Waals surface area (Å²) in [6, 6.07) is 3.91. The first kappa shape index (κ1) is 12.5. The van der Waals surface area contributed by atoms with Crippen LogP contribution in [0.3, 0.4) is 0 Å². The van der Waals surface area contributed by atoms with Gasteiger partial charge in [0, 0.05) is 7.05 Å². The van der Waals surface area contributed by atoms with Crippen molar-refractivity contribution in [3.05, 3.63) is 26.6 Å². The molecule has 0 unspecified atom stereocenters. The molecular formula is C10H12Br2N2O. The monoisotopic (exact) mass is 334 g/mol. The van der Waals surface area contributed by atoms with E-state index in [1.54, 1.807) is 13.3 Å². The number of benzene rings is 1. The molecule has 3 nitrogen and oxygen atoms in total. The van der Waals surface area contributed by atoms with Crippen LogP contribution < -0.4 is 10.2 Å². The van der Waals surface area contributed by atoms with E-state index in [2.05, 4.69) is 42.4 Å². The first-order valence-electron chi connectivity index (χ1n) is 4.50. The predicted octanol–water partition coefficient (Wildman–Crippen LogP) is 3.16. The van der Waals surface area contributed by atoms with E-state index >= 15 is 0 Å². The molecule has 0 aromatic heterocycles. The Morgan fingerprint density at radius 1 is 1.40 bits per heavy atom. The zero-order valence-corrected chi connectivity index (χ0v) is 11.7. The molecule has 0 aliphatic rings. The quantitative estimate of drug-likeness (QED) is 0.677. The zero-order chi connectivity index (χ0) is 11.3. The van der Waals surface area contributed by atoms with Crippen LogP contribution in [-0.4, -0.2) is 19.9 Å². The van der Waals surface area contributed by atoms with E-state index in [4.69, 9.17) is 4.74 Å². The lowest BCUT2D eigenvalue weighted by Gasteiger charge is -2.08. The maximum Gasteiger partial charge on any atom is 0.147 e. The molecule has 0 spiro atoms. The van der Waals surface area contributed by atoms with Gasteiger partial charge in [0.15, 0.2) is 0 Å². The van der Waals surface area contributed by atoms with Gasteiger partial charge in [0.25, 0.3) is 0 Å². The number of hydrogen-bond acceptors (Lipinski definition) is 3. The lowest BCUT2D eigenvalue weighted by Crippen LogP contribution is -1.97. The highest BCUT2D eigenvalue weighted by Gasteiger charge is 2.07. The Labute approximate surface area is 106 Å². The van der Waals surface area contributed by atoms with Crippen LogP contribution >= 0.6 is 31.9 Å². The van der Waals surface area contributed by atoms with Crippen LogP contribution in [0.5, 0.6) is 5.75 Å². The van der Waals surface area contributed by atoms with Crippen LogP contribution in [0.1, 0.15) is 12.5 Å². The average molecular weight is 336 g/mol. The van der Waals surface area contributed by atoms with E-state index < -0.39 is 0 Å². The molecule has 0 saturated heterocycles. The van der Waals surface area contributed by atoms with Gasteiger partial charge in [-0.1, -0.05) is 0 Å². The largest absolute Gasteiger partial charge is 0.492 e. The fourth-order valence-corrected chi connectivity index (χ4v) is 2.53. The molecule has 1 N–H and O–H groups in total. The normalized spacial score (nSPS) is 10.7. The Balaban J connectivity index is 3.02. The summed E-state index contributed by atoms with van der Waals surface area (Å²) in [5.41, 5.74) is 3.69. The SMILES string of the molecule is CCOc1c(Br)cc(/C=N/NC)cc1Br. The minimum atomic E-state index is 0.640. The summed E-state index contributed by atoms with van der Waals surface area (Å²) in [4.78, 5) is 0. The van der Waals surface area contributed by atoms with Gasteiger partial charge in [0.05, 0.1) is 21.8 Å². The Kier molecular flexibility index (Phi) is 5.11. The molecule has 0 amide bonds. The van der Waals surface area contributed by atoms with Crippen molar-refractivity contribution in [3.8, 4) is 5.75 Å². The van der Waals surface area contributed by atoms with Crippen LogP contribution in [0.15, 0.2) is 26.2 Å². The summed E-state index contributed by atoms with van der Waals surface area (Å²) >= 11 is 6.91. The van der Waals surface area contributed by atoms with E-state index in [0.717, 1.165) is 20.3 Å². The Morgan fingerprint density at radius 3 is 2.47 bits per heavy atom. The van der Waals surface area contributed by atoms with Crippen LogP contribution in [0, 0.1) is 0 Å². The van der Waals surface area contributed by atoms with Crippen LogP contribution in [0.4, 0.5) is 0 Å². The third-order valence-corrected chi connectivity index (χ3v) is 2.83. The molecule has 82 valence electrons. The third kappa shape index (κ3) is 3.50. The van der Waals surface area contributed by atoms with Gasteiger partial charge in [-0.15, -0.1) is 0 Å². The minimum Gasteiger partial charge on any atom is -0.492 e. The minimum absolute atomic E-state index is 0.640. The Morgan fingerprint density at radius 2 is 2.00 bits per heavy atom. The molecule has 0 aliphatic heterocycles. The van der Waals surface area contributed by atoms with Crippen molar-refractivity contribution >= 4 is 38.1 Å². The maximum absolute atomic E-state index is 5.47. The molecule has 0 saturated carbocycles. The summed E-state index contributed by atoms with van der Waals surface area (Å²) in [6.45, 7) is 2.59. The molecule has 0 aliphatic carbocycles. The number of ether oxygens (including phenoxy) is 1. The maximum atomic E-state index is 5.47. The summed E-state index contributed by atoms with van der Waals surface area (Å²) < 4.78 is 7.30. The number of nitrogens with zero attached hydrogens (tertiary/aromatic N) is 1. The molecule has 1 aromatic carbocycles. The van der Waals surface area contributed by atoms with Crippen molar-refractivity contribution in [2.45, 2.75) is 6.92 Å². The Bertz CT molecular complexity index is 343. The zero-order valence-electron chi connectivity index (χ0n) is 8.55. The molecule has 0 bridgehead atoms. The number of nitrogens with one attached hydrogen (secondary N) is 1. The van der Waals surface area contributed by atoms with Gasteiger partial charge in [0.2, 0.25) is 0 Å². The first-order valence-corrected chi connectivity index (χ1v) is 6.09. The highest BCUT2D eigenvalue weighted by atomic mass is 79.9. The first-order chi connectivity index (χ1) is 7.19. The van der Waals surface area contributed by atoms with Crippen molar-refractivity contribution in [3.63, 3.8) is 0 Å². The summed E-state index contributed by atoms with van der Waals surface area (Å²) in [6.07, 6.45) is 1.74. The van der Waals surface area contributed by atoms with E-state index in [9.17, 15) is 0 Å². The van der Waals surface area contributed by atoms with Gasteiger partial charge in [-0.05, 0) is 56.5 Å². The number of hydrogen-bond donors (Lipinski definition) is 1. The topological polar surface area (TPSA) is 33.6 Å². The standard InChI is InChI=1S/C10H12Br2N2O/c1-3-15-10-8(11)4-7(5-9(10)12)6-14-13-2/h4-6,13H,3H2,1-2H3/b14-6+. The van der Waals surface area contributed by atoms with Crippen LogP contribution in [0.2, 0.25) is 0 Å². The lowest BCUT2D eigenvalue weighted by molar-refractivity contribution is 0.336. The van der Waals surface area contributed by atoms with Crippen LogP contribution in [-0.2, 0) is 0 Å². The summed E-state index contributed by atoms with van der Waals surface area (Å²) in [5.74, 6) is 0.819. The summed E-state index contributed by atoms with van der Waals surface area (Å²) in [5, 5.41) is 3.94. The van der Waals surface area contributed by atoms with E-state index in [-0.39, 0.29) is 0 Å². The van der Waals surface area contributed by atoms with Crippen molar-refractivity contribution in [2.75, 3.05) is 13.7 Å². The van der Waals surface area contributed by atoms with Gasteiger partial charge in [-0.2, -0.15) is 5.10 Å². The Hall–Kier alpha value is -0.550. The molecule has 1 rings (SSSR count). The molecule has 0 atom stereocenters. The fourth-order valence-electron chi connectivity index (χ4n) is 1.08. The molecular weight excluding hydrogens is 324 g/mol. The molecule has 5 heteroatoms. The lowest BCUT2D eigenvalue weighted by atomic mass is 10.2. The number of halogens is 2. The molecule has 0 fully saturated rings. The van der Waals surface area contributed by atoms with Crippen molar-refractivity contribution in [1.82, 2.24) is 5.43 Å². The van der Waals surface area contributed by atoms with Gasteiger partial charge < -0.3 is 10.2 Å². The molecule has 15 heavy (non-hydrogen) atoms. The van der Waals surface area contributed by atoms with Gasteiger partial charge in [-0.3, -0.25) is 0 Å². The van der Waals surface area contributed by atoms with E-state index in [0.29, 0.717) is 6.61 Å². The summed E-state index contributed by atoms with van der Waals surface area (Å²) in [7, 11) is 1.76. The molecule has 0 radical (unpaired) electrons. The van der Waals surface area contributed by atoms with Gasteiger partial charge in [0.1, 0.15) is 5.75 Å². The van der Waals surface area contributed by atoms with Crippen LogP contribution in [0.25, 0.3) is 0 Å². The van der Waals surface area contributed by atoms with Crippen molar-refractivity contribution in [1.29, 1.82) is 0 Å². The second-order valence-corrected chi connectivity index (χ2v) is 4.44. The third-order valence-electron chi connectivity index (χ3n) is 1.65. The smallest absolute Gasteiger partial charge is 0.147 e. The molecule has 1 aromatic rings. The van der Waals surface area contributed by atoms with E-state index in [1.807, 2.05) is 19.1 Å². The second kappa shape index (κ2) is 6.12. The number of hydrazone groups is 1. The van der Waals surface area contributed by atoms with E-state index in [1.165, 1.54) is 0 Å². The predicted molar refractivity (Wildman–Crippen MR) is 69.7 cm³/mol. The van der Waals surface area contributed by atoms with Crippen molar-refractivity contribution < 1.29 is 4.74 Å². The molecule has 0 heterocycles. The average Bonchev–Trinajstić information content (AvgIpc) is 2.20. The van der Waals surface area contributed by atoms with Gasteiger partial charge >= 0.3 is 0 Å². The highest BCUT2D eigenvalue weighted by Crippen LogP contribution is 2.34. The highest BCUT2D eigenvalue weighted by molar-refractivity contribution is 9.11. The van der Waals surface area contributed by atoms with Crippen molar-refractivity contribution in [2.24, 2.45) is 5.10 Å². The number of rotatable bonds is 4. The second-order valence-electron chi connectivity index (χ2n) is 2.73.